The van der Waals surface area contributed by atoms with E-state index in [-0.39, 0.29) is 28.9 Å². The highest BCUT2D eigenvalue weighted by molar-refractivity contribution is 5.98. The number of aliphatic hydroxyl groups excluding tert-OH is 1. The maximum Gasteiger partial charge on any atom is 0.127 e. The van der Waals surface area contributed by atoms with Crippen LogP contribution >= 0.6 is 0 Å². The van der Waals surface area contributed by atoms with E-state index in [4.69, 9.17) is 0 Å². The van der Waals surface area contributed by atoms with E-state index in [2.05, 4.69) is 0 Å². The fraction of sp³-hybridized carbons (Fsp3) is 0.167. The summed E-state index contributed by atoms with van der Waals surface area (Å²) in [5, 5.41) is 41.2. The summed E-state index contributed by atoms with van der Waals surface area (Å²) in [5.74, 6) is 0.865. The molecule has 0 radical (unpaired) electrons. The van der Waals surface area contributed by atoms with Crippen LogP contribution < -0.4 is 0 Å². The molecule has 0 aliphatic heterocycles. The average Bonchev–Trinajstić information content (AvgIpc) is 2.69. The first-order chi connectivity index (χ1) is 13.5. The molecule has 0 amide bonds. The Balaban J connectivity index is 1.79. The molecule has 4 N–H and O–H groups in total. The van der Waals surface area contributed by atoms with Crippen molar-refractivity contribution in [2.45, 2.75) is 19.3 Å². The summed E-state index contributed by atoms with van der Waals surface area (Å²) in [5.41, 5.74) is 3.08. The molecule has 142 valence electrons. The zero-order chi connectivity index (χ0) is 19.7. The molecule has 4 nitrogen and oxygen atoms in total. The summed E-state index contributed by atoms with van der Waals surface area (Å²) in [6.07, 6.45) is 7.62. The van der Waals surface area contributed by atoms with E-state index in [1.807, 2.05) is 36.4 Å². The molecule has 1 aliphatic carbocycles. The van der Waals surface area contributed by atoms with Crippen LogP contribution in [0.3, 0.4) is 0 Å². The Morgan fingerprint density at radius 3 is 2.07 bits per heavy atom. The van der Waals surface area contributed by atoms with Gasteiger partial charge in [-0.2, -0.15) is 0 Å². The SMILES string of the molecule is OC1=CCC(Cc2ccc(O)c3c(O)ccc(Cc4ccc(O)cc4)c23)C=C1. The summed E-state index contributed by atoms with van der Waals surface area (Å²) >= 11 is 0. The summed E-state index contributed by atoms with van der Waals surface area (Å²) in [6.45, 7) is 0. The van der Waals surface area contributed by atoms with Crippen molar-refractivity contribution in [3.8, 4) is 17.2 Å². The van der Waals surface area contributed by atoms with Gasteiger partial charge in [0.2, 0.25) is 0 Å². The molecule has 0 saturated heterocycles. The largest absolute Gasteiger partial charge is 0.508 e. The van der Waals surface area contributed by atoms with Gasteiger partial charge in [0.05, 0.1) is 5.39 Å². The molecule has 0 bridgehead atoms. The van der Waals surface area contributed by atoms with Crippen molar-refractivity contribution >= 4 is 10.8 Å². The topological polar surface area (TPSA) is 80.9 Å². The van der Waals surface area contributed by atoms with E-state index >= 15 is 0 Å². The van der Waals surface area contributed by atoms with Crippen molar-refractivity contribution in [3.63, 3.8) is 0 Å². The molecule has 0 spiro atoms. The molecule has 0 saturated carbocycles. The molecule has 1 aliphatic rings. The monoisotopic (exact) mass is 374 g/mol. The van der Waals surface area contributed by atoms with Crippen LogP contribution in [0.2, 0.25) is 0 Å². The smallest absolute Gasteiger partial charge is 0.127 e. The van der Waals surface area contributed by atoms with Gasteiger partial charge in [0.15, 0.2) is 0 Å². The molecule has 3 aromatic carbocycles. The van der Waals surface area contributed by atoms with Crippen LogP contribution in [0.5, 0.6) is 17.2 Å². The van der Waals surface area contributed by atoms with E-state index in [0.717, 1.165) is 34.9 Å². The lowest BCUT2D eigenvalue weighted by atomic mass is 9.87. The Kier molecular flexibility index (Phi) is 4.70. The number of allylic oxidation sites excluding steroid dienone is 3. The van der Waals surface area contributed by atoms with Gasteiger partial charge in [0.1, 0.15) is 23.0 Å². The van der Waals surface area contributed by atoms with Crippen LogP contribution in [0.1, 0.15) is 23.1 Å². The van der Waals surface area contributed by atoms with Gasteiger partial charge in [-0.05, 0) is 83.7 Å². The number of phenolic OH excluding ortho intramolecular Hbond substituents is 3. The van der Waals surface area contributed by atoms with Crippen molar-refractivity contribution < 1.29 is 20.4 Å². The standard InChI is InChI=1S/C24H22O4/c25-19-7-1-15(2-8-19)13-17-5-11-21(27)24-22(28)12-6-18(23(17)24)14-16-3-9-20(26)10-4-16/h1-3,5-12,16,25-28H,4,13-14H2. The van der Waals surface area contributed by atoms with E-state index < -0.39 is 0 Å². The normalized spacial score (nSPS) is 16.3. The number of aromatic hydroxyl groups is 3. The molecule has 4 heteroatoms. The van der Waals surface area contributed by atoms with Crippen molar-refractivity contribution in [1.82, 2.24) is 0 Å². The minimum atomic E-state index is 0.0560. The number of hydrogen-bond acceptors (Lipinski definition) is 4. The predicted molar refractivity (Wildman–Crippen MR) is 110 cm³/mol. The predicted octanol–water partition coefficient (Wildman–Crippen LogP) is 5.11. The average molecular weight is 374 g/mol. The third-order valence-electron chi connectivity index (χ3n) is 5.27. The molecule has 4 rings (SSSR count). The van der Waals surface area contributed by atoms with Crippen LogP contribution in [-0.4, -0.2) is 20.4 Å². The number of fused-ring (bicyclic) bond motifs is 1. The first kappa shape index (κ1) is 18.0. The third kappa shape index (κ3) is 3.54. The minimum Gasteiger partial charge on any atom is -0.508 e. The lowest BCUT2D eigenvalue weighted by molar-refractivity contribution is 0.420. The minimum absolute atomic E-state index is 0.0560. The fourth-order valence-electron chi connectivity index (χ4n) is 3.85. The first-order valence-corrected chi connectivity index (χ1v) is 9.32. The maximum absolute atomic E-state index is 10.4. The molecular formula is C24H22O4. The van der Waals surface area contributed by atoms with Crippen LogP contribution in [0.4, 0.5) is 0 Å². The lowest BCUT2D eigenvalue weighted by Crippen LogP contribution is -2.05. The van der Waals surface area contributed by atoms with Gasteiger partial charge in [0.25, 0.3) is 0 Å². The third-order valence-corrected chi connectivity index (χ3v) is 5.27. The Hall–Kier alpha value is -3.40. The van der Waals surface area contributed by atoms with Crippen LogP contribution in [0.15, 0.2) is 72.5 Å². The van der Waals surface area contributed by atoms with Gasteiger partial charge in [-0.15, -0.1) is 0 Å². The Labute approximate surface area is 163 Å². The van der Waals surface area contributed by atoms with Gasteiger partial charge >= 0.3 is 0 Å². The van der Waals surface area contributed by atoms with Gasteiger partial charge < -0.3 is 20.4 Å². The highest BCUT2D eigenvalue weighted by Crippen LogP contribution is 2.39. The second-order valence-electron chi connectivity index (χ2n) is 7.27. The number of rotatable bonds is 4. The number of aliphatic hydroxyl groups is 1. The summed E-state index contributed by atoms with van der Waals surface area (Å²) in [6, 6.07) is 14.1. The van der Waals surface area contributed by atoms with Crippen LogP contribution in [-0.2, 0) is 12.8 Å². The Bertz CT molecular complexity index is 1070. The highest BCUT2D eigenvalue weighted by atomic mass is 16.3. The lowest BCUT2D eigenvalue weighted by Gasteiger charge is -2.18. The zero-order valence-corrected chi connectivity index (χ0v) is 15.3. The summed E-state index contributed by atoms with van der Waals surface area (Å²) in [7, 11) is 0. The molecule has 0 aromatic heterocycles. The molecule has 3 aromatic rings. The van der Waals surface area contributed by atoms with E-state index in [1.54, 1.807) is 30.3 Å². The van der Waals surface area contributed by atoms with Gasteiger partial charge in [-0.3, -0.25) is 0 Å². The second-order valence-corrected chi connectivity index (χ2v) is 7.27. The Morgan fingerprint density at radius 1 is 0.750 bits per heavy atom. The van der Waals surface area contributed by atoms with Crippen molar-refractivity contribution in [1.29, 1.82) is 0 Å². The number of phenols is 3. The van der Waals surface area contributed by atoms with Crippen molar-refractivity contribution in [2.75, 3.05) is 0 Å². The van der Waals surface area contributed by atoms with Crippen LogP contribution in [0.25, 0.3) is 10.8 Å². The van der Waals surface area contributed by atoms with Crippen LogP contribution in [0, 0.1) is 5.92 Å². The second kappa shape index (κ2) is 7.31. The quantitative estimate of drug-likeness (QED) is 0.512. The molecule has 1 atom stereocenters. The van der Waals surface area contributed by atoms with Gasteiger partial charge in [-0.1, -0.05) is 30.3 Å². The molecule has 0 heterocycles. The Morgan fingerprint density at radius 2 is 1.43 bits per heavy atom. The molecular weight excluding hydrogens is 352 g/mol. The summed E-state index contributed by atoms with van der Waals surface area (Å²) < 4.78 is 0. The first-order valence-electron chi connectivity index (χ1n) is 9.32. The number of hydrogen-bond donors (Lipinski definition) is 4. The van der Waals surface area contributed by atoms with Crippen molar-refractivity contribution in [2.24, 2.45) is 5.92 Å². The zero-order valence-electron chi connectivity index (χ0n) is 15.3. The van der Waals surface area contributed by atoms with E-state index in [1.165, 1.54) is 0 Å². The van der Waals surface area contributed by atoms with Gasteiger partial charge in [0, 0.05) is 0 Å². The van der Waals surface area contributed by atoms with Crippen molar-refractivity contribution in [3.05, 3.63) is 89.2 Å². The molecule has 1 unspecified atom stereocenters. The highest BCUT2D eigenvalue weighted by Gasteiger charge is 2.17. The maximum atomic E-state index is 10.4. The summed E-state index contributed by atoms with van der Waals surface area (Å²) in [4.78, 5) is 0. The molecule has 28 heavy (non-hydrogen) atoms. The number of benzene rings is 3. The fourth-order valence-corrected chi connectivity index (χ4v) is 3.85. The van der Waals surface area contributed by atoms with E-state index in [0.29, 0.717) is 11.8 Å². The van der Waals surface area contributed by atoms with E-state index in [9.17, 15) is 20.4 Å². The van der Waals surface area contributed by atoms with Gasteiger partial charge in [-0.25, -0.2) is 0 Å². The molecule has 0 fully saturated rings.